The van der Waals surface area contributed by atoms with Crippen molar-refractivity contribution in [3.63, 3.8) is 0 Å². The lowest BCUT2D eigenvalue weighted by atomic mass is 9.94. The minimum Gasteiger partial charge on any atom is -0.271 e. The van der Waals surface area contributed by atoms with Crippen LogP contribution in [-0.4, -0.2) is 15.8 Å². The summed E-state index contributed by atoms with van der Waals surface area (Å²) in [5.41, 5.74) is 5.17. The lowest BCUT2D eigenvalue weighted by Gasteiger charge is -2.23. The molecule has 98 valence electrons. The van der Waals surface area contributed by atoms with Crippen LogP contribution < -0.4 is 11.3 Å². The normalized spacial score (nSPS) is 14.9. The first-order valence-corrected chi connectivity index (χ1v) is 6.94. The Labute approximate surface area is 112 Å². The van der Waals surface area contributed by atoms with Gasteiger partial charge in [0.2, 0.25) is 0 Å². The van der Waals surface area contributed by atoms with Crippen LogP contribution in [0.1, 0.15) is 38.1 Å². The molecule has 0 spiro atoms. The first-order chi connectivity index (χ1) is 8.01. The Hall–Kier alpha value is -0.390. The van der Waals surface area contributed by atoms with Crippen molar-refractivity contribution in [3.05, 3.63) is 15.9 Å². The van der Waals surface area contributed by atoms with Crippen LogP contribution in [0, 0.1) is 12.8 Å². The van der Waals surface area contributed by atoms with Crippen molar-refractivity contribution in [2.24, 2.45) is 18.8 Å². The van der Waals surface area contributed by atoms with Gasteiger partial charge in [-0.05, 0) is 35.2 Å². The monoisotopic (exact) mass is 302 g/mol. The van der Waals surface area contributed by atoms with E-state index in [2.05, 4.69) is 40.3 Å². The molecule has 1 aromatic heterocycles. The zero-order valence-electron chi connectivity index (χ0n) is 11.1. The van der Waals surface area contributed by atoms with Crippen LogP contribution in [-0.2, 0) is 13.5 Å². The van der Waals surface area contributed by atoms with E-state index >= 15 is 0 Å². The summed E-state index contributed by atoms with van der Waals surface area (Å²) in [5, 5.41) is 4.40. The molecule has 3 N–H and O–H groups in total. The van der Waals surface area contributed by atoms with Gasteiger partial charge in [0.15, 0.2) is 0 Å². The summed E-state index contributed by atoms with van der Waals surface area (Å²) in [7, 11) is 1.98. The van der Waals surface area contributed by atoms with E-state index < -0.39 is 0 Å². The first kappa shape index (κ1) is 14.7. The predicted molar refractivity (Wildman–Crippen MR) is 74.5 cm³/mol. The fraction of sp³-hybridized carbons (Fsp3) is 0.750. The van der Waals surface area contributed by atoms with Gasteiger partial charge in [0.05, 0.1) is 15.9 Å². The van der Waals surface area contributed by atoms with Crippen LogP contribution in [0.2, 0.25) is 0 Å². The summed E-state index contributed by atoms with van der Waals surface area (Å²) >= 11 is 3.59. The molecule has 4 nitrogen and oxygen atoms in total. The van der Waals surface area contributed by atoms with Crippen LogP contribution in [0.15, 0.2) is 4.47 Å². The lowest BCUT2D eigenvalue weighted by molar-refractivity contribution is 0.351. The first-order valence-electron chi connectivity index (χ1n) is 6.15. The van der Waals surface area contributed by atoms with E-state index in [1.54, 1.807) is 0 Å². The van der Waals surface area contributed by atoms with Gasteiger partial charge in [-0.3, -0.25) is 16.0 Å². The van der Waals surface area contributed by atoms with Crippen LogP contribution in [0.5, 0.6) is 0 Å². The third kappa shape index (κ3) is 3.53. The van der Waals surface area contributed by atoms with Crippen molar-refractivity contribution in [2.75, 3.05) is 0 Å². The number of aromatic nitrogens is 2. The molecule has 0 saturated heterocycles. The Bertz CT molecular complexity index is 362. The Morgan fingerprint density at radius 3 is 2.59 bits per heavy atom. The molecule has 1 heterocycles. The number of nitrogens with zero attached hydrogens (tertiary/aromatic N) is 2. The van der Waals surface area contributed by atoms with Crippen LogP contribution in [0.3, 0.4) is 0 Å². The van der Waals surface area contributed by atoms with Gasteiger partial charge in [0, 0.05) is 19.5 Å². The Morgan fingerprint density at radius 1 is 1.53 bits per heavy atom. The van der Waals surface area contributed by atoms with Crippen molar-refractivity contribution in [1.82, 2.24) is 15.2 Å². The van der Waals surface area contributed by atoms with Crippen molar-refractivity contribution in [3.8, 4) is 0 Å². The van der Waals surface area contributed by atoms with E-state index in [9.17, 15) is 0 Å². The number of nitrogens with two attached hydrogens (primary N) is 1. The molecule has 5 heteroatoms. The molecular formula is C12H23BrN4. The minimum atomic E-state index is 0.293. The summed E-state index contributed by atoms with van der Waals surface area (Å²) in [4.78, 5) is 0. The molecule has 0 saturated carbocycles. The second-order valence-electron chi connectivity index (χ2n) is 4.71. The van der Waals surface area contributed by atoms with Crippen molar-refractivity contribution in [2.45, 2.75) is 46.1 Å². The lowest BCUT2D eigenvalue weighted by Crippen LogP contribution is -2.42. The van der Waals surface area contributed by atoms with E-state index in [-0.39, 0.29) is 0 Å². The average Bonchev–Trinajstić information content (AvgIpc) is 2.51. The quantitative estimate of drug-likeness (QED) is 0.626. The Kier molecular flexibility index (Phi) is 5.62. The smallest absolute Gasteiger partial charge is 0.0738 e. The second-order valence-corrected chi connectivity index (χ2v) is 5.51. The van der Waals surface area contributed by atoms with Crippen LogP contribution in [0.25, 0.3) is 0 Å². The Balaban J connectivity index is 2.80. The molecule has 0 aliphatic carbocycles. The van der Waals surface area contributed by atoms with Gasteiger partial charge < -0.3 is 0 Å². The van der Waals surface area contributed by atoms with Gasteiger partial charge in [-0.25, -0.2) is 0 Å². The van der Waals surface area contributed by atoms with Gasteiger partial charge in [0.1, 0.15) is 0 Å². The van der Waals surface area contributed by atoms with E-state index in [0.717, 1.165) is 16.6 Å². The van der Waals surface area contributed by atoms with E-state index in [0.29, 0.717) is 12.0 Å². The number of hydrogen-bond acceptors (Lipinski definition) is 3. The maximum absolute atomic E-state index is 5.66. The largest absolute Gasteiger partial charge is 0.271 e. The van der Waals surface area contributed by atoms with Gasteiger partial charge in [-0.15, -0.1) is 0 Å². The summed E-state index contributed by atoms with van der Waals surface area (Å²) < 4.78 is 3.03. The molecule has 0 aliphatic heterocycles. The van der Waals surface area contributed by atoms with Crippen molar-refractivity contribution >= 4 is 15.9 Å². The standard InChI is InChI=1S/C12H23BrN4/c1-5-6-8(2)10(15-14)7-11-12(13)9(3)16-17(11)4/h8,10,15H,5-7,14H2,1-4H3. The highest BCUT2D eigenvalue weighted by molar-refractivity contribution is 9.10. The maximum Gasteiger partial charge on any atom is 0.0738 e. The molecule has 0 fully saturated rings. The number of aryl methyl sites for hydroxylation is 2. The molecule has 0 amide bonds. The number of nitrogens with one attached hydrogen (secondary N) is 1. The zero-order valence-corrected chi connectivity index (χ0v) is 12.7. The summed E-state index contributed by atoms with van der Waals surface area (Å²) in [6.45, 7) is 6.45. The number of halogens is 1. The van der Waals surface area contributed by atoms with E-state index in [1.165, 1.54) is 18.5 Å². The number of hydrogen-bond donors (Lipinski definition) is 2. The molecule has 1 rings (SSSR count). The third-order valence-corrected chi connectivity index (χ3v) is 4.35. The van der Waals surface area contributed by atoms with Crippen molar-refractivity contribution in [1.29, 1.82) is 0 Å². The fourth-order valence-corrected chi connectivity index (χ4v) is 2.69. The van der Waals surface area contributed by atoms with E-state index in [4.69, 9.17) is 5.84 Å². The maximum atomic E-state index is 5.66. The molecule has 0 aromatic carbocycles. The Morgan fingerprint density at radius 2 is 2.18 bits per heavy atom. The summed E-state index contributed by atoms with van der Waals surface area (Å²) in [6.07, 6.45) is 3.27. The highest BCUT2D eigenvalue weighted by Gasteiger charge is 2.20. The topological polar surface area (TPSA) is 55.9 Å². The molecular weight excluding hydrogens is 280 g/mol. The van der Waals surface area contributed by atoms with Gasteiger partial charge in [-0.1, -0.05) is 20.3 Å². The predicted octanol–water partition coefficient (Wildman–Crippen LogP) is 2.30. The summed E-state index contributed by atoms with van der Waals surface area (Å²) in [5.74, 6) is 6.23. The van der Waals surface area contributed by atoms with E-state index in [1.807, 2.05) is 18.7 Å². The number of hydrazine groups is 1. The highest BCUT2D eigenvalue weighted by atomic mass is 79.9. The van der Waals surface area contributed by atoms with Gasteiger partial charge in [0.25, 0.3) is 0 Å². The molecule has 0 bridgehead atoms. The average molecular weight is 303 g/mol. The SMILES string of the molecule is CCCC(C)C(Cc1c(Br)c(C)nn1C)NN. The second kappa shape index (κ2) is 6.52. The van der Waals surface area contributed by atoms with Crippen LogP contribution >= 0.6 is 15.9 Å². The minimum absolute atomic E-state index is 0.293. The van der Waals surface area contributed by atoms with Crippen molar-refractivity contribution < 1.29 is 0 Å². The number of rotatable bonds is 6. The fourth-order valence-electron chi connectivity index (χ4n) is 2.19. The molecule has 0 radical (unpaired) electrons. The zero-order chi connectivity index (χ0) is 13.0. The third-order valence-electron chi connectivity index (χ3n) is 3.32. The molecule has 0 aliphatic rings. The van der Waals surface area contributed by atoms with Gasteiger partial charge >= 0.3 is 0 Å². The van der Waals surface area contributed by atoms with Gasteiger partial charge in [-0.2, -0.15) is 5.10 Å². The summed E-state index contributed by atoms with van der Waals surface area (Å²) in [6, 6.07) is 0.293. The molecule has 1 aromatic rings. The highest BCUT2D eigenvalue weighted by Crippen LogP contribution is 2.23. The van der Waals surface area contributed by atoms with Crippen LogP contribution in [0.4, 0.5) is 0 Å². The molecule has 2 unspecified atom stereocenters. The molecule has 17 heavy (non-hydrogen) atoms. The molecule has 2 atom stereocenters.